The zero-order chi connectivity index (χ0) is 15.8. The SMILES string of the molecule is C[C@@H](CCc1ccccc1)NC(=O)CCc1ccc(F)cc1. The van der Waals surface area contributed by atoms with E-state index in [4.69, 9.17) is 0 Å². The molecule has 1 N–H and O–H groups in total. The number of nitrogens with one attached hydrogen (secondary N) is 1. The van der Waals surface area contributed by atoms with Gasteiger partial charge in [-0.1, -0.05) is 42.5 Å². The Kier molecular flexibility index (Phi) is 6.13. The molecule has 0 spiro atoms. The second-order valence-corrected chi connectivity index (χ2v) is 5.62. The third-order valence-corrected chi connectivity index (χ3v) is 3.67. The summed E-state index contributed by atoms with van der Waals surface area (Å²) in [6.07, 6.45) is 2.95. The quantitative estimate of drug-likeness (QED) is 0.825. The topological polar surface area (TPSA) is 29.1 Å². The molecule has 0 saturated heterocycles. The highest BCUT2D eigenvalue weighted by Gasteiger charge is 2.08. The van der Waals surface area contributed by atoms with Crippen LogP contribution < -0.4 is 5.32 Å². The first kappa shape index (κ1) is 16.2. The van der Waals surface area contributed by atoms with Crippen LogP contribution in [0.25, 0.3) is 0 Å². The summed E-state index contributed by atoms with van der Waals surface area (Å²) in [5.74, 6) is -0.201. The van der Waals surface area contributed by atoms with E-state index in [1.54, 1.807) is 12.1 Å². The lowest BCUT2D eigenvalue weighted by Crippen LogP contribution is -2.33. The van der Waals surface area contributed by atoms with Crippen molar-refractivity contribution in [2.75, 3.05) is 0 Å². The molecule has 2 rings (SSSR count). The summed E-state index contributed by atoms with van der Waals surface area (Å²) in [4.78, 5) is 11.9. The predicted molar refractivity (Wildman–Crippen MR) is 87.1 cm³/mol. The molecule has 0 bridgehead atoms. The molecular formula is C19H22FNO. The van der Waals surface area contributed by atoms with Gasteiger partial charge in [0.05, 0.1) is 0 Å². The predicted octanol–water partition coefficient (Wildman–Crippen LogP) is 3.90. The fourth-order valence-corrected chi connectivity index (χ4v) is 2.36. The lowest BCUT2D eigenvalue weighted by atomic mass is 10.1. The van der Waals surface area contributed by atoms with Gasteiger partial charge in [-0.3, -0.25) is 4.79 Å². The van der Waals surface area contributed by atoms with Crippen LogP contribution >= 0.6 is 0 Å². The lowest BCUT2D eigenvalue weighted by Gasteiger charge is -2.14. The molecule has 3 heteroatoms. The van der Waals surface area contributed by atoms with Crippen molar-refractivity contribution in [1.82, 2.24) is 5.32 Å². The second-order valence-electron chi connectivity index (χ2n) is 5.62. The number of hydrogen-bond acceptors (Lipinski definition) is 1. The average Bonchev–Trinajstić information content (AvgIpc) is 2.53. The average molecular weight is 299 g/mol. The Bertz CT molecular complexity index is 580. The van der Waals surface area contributed by atoms with Crippen LogP contribution in [-0.4, -0.2) is 11.9 Å². The van der Waals surface area contributed by atoms with Crippen LogP contribution in [0.4, 0.5) is 4.39 Å². The fraction of sp³-hybridized carbons (Fsp3) is 0.316. The molecule has 0 aromatic heterocycles. The van der Waals surface area contributed by atoms with Gasteiger partial charge in [-0.25, -0.2) is 4.39 Å². The van der Waals surface area contributed by atoms with Gasteiger partial charge in [0.2, 0.25) is 5.91 Å². The molecule has 2 nitrogen and oxygen atoms in total. The van der Waals surface area contributed by atoms with Gasteiger partial charge in [-0.2, -0.15) is 0 Å². The molecule has 0 aliphatic rings. The summed E-state index contributed by atoms with van der Waals surface area (Å²) in [5, 5.41) is 3.02. The van der Waals surface area contributed by atoms with Crippen LogP contribution in [-0.2, 0) is 17.6 Å². The Morgan fingerprint density at radius 2 is 1.64 bits per heavy atom. The summed E-state index contributed by atoms with van der Waals surface area (Å²) in [7, 11) is 0. The van der Waals surface area contributed by atoms with E-state index in [0.717, 1.165) is 18.4 Å². The Balaban J connectivity index is 1.68. The van der Waals surface area contributed by atoms with E-state index in [2.05, 4.69) is 17.4 Å². The molecule has 0 saturated carbocycles. The minimum absolute atomic E-state index is 0.0462. The molecule has 0 aliphatic heterocycles. The van der Waals surface area contributed by atoms with Gasteiger partial charge in [0, 0.05) is 12.5 Å². The van der Waals surface area contributed by atoms with E-state index >= 15 is 0 Å². The summed E-state index contributed by atoms with van der Waals surface area (Å²) in [5.41, 5.74) is 2.27. The highest BCUT2D eigenvalue weighted by Crippen LogP contribution is 2.07. The number of rotatable bonds is 7. The first-order valence-electron chi connectivity index (χ1n) is 7.71. The zero-order valence-electron chi connectivity index (χ0n) is 12.9. The molecule has 22 heavy (non-hydrogen) atoms. The third-order valence-electron chi connectivity index (χ3n) is 3.67. The number of hydrogen-bond donors (Lipinski definition) is 1. The van der Waals surface area contributed by atoms with Crippen LogP contribution in [0.3, 0.4) is 0 Å². The van der Waals surface area contributed by atoms with Crippen molar-refractivity contribution in [2.45, 2.75) is 38.6 Å². The number of amides is 1. The molecule has 0 radical (unpaired) electrons. The summed E-state index contributed by atoms with van der Waals surface area (Å²) < 4.78 is 12.8. The number of benzene rings is 2. The maximum absolute atomic E-state index is 12.8. The Morgan fingerprint density at radius 1 is 1.00 bits per heavy atom. The first-order chi connectivity index (χ1) is 10.6. The van der Waals surface area contributed by atoms with Crippen molar-refractivity contribution in [2.24, 2.45) is 0 Å². The first-order valence-corrected chi connectivity index (χ1v) is 7.71. The minimum atomic E-state index is -0.247. The maximum Gasteiger partial charge on any atom is 0.220 e. The third kappa shape index (κ3) is 5.68. The van der Waals surface area contributed by atoms with Crippen molar-refractivity contribution in [3.63, 3.8) is 0 Å². The normalized spacial score (nSPS) is 11.9. The Hall–Kier alpha value is -2.16. The zero-order valence-corrected chi connectivity index (χ0v) is 12.9. The van der Waals surface area contributed by atoms with Crippen molar-refractivity contribution < 1.29 is 9.18 Å². The molecule has 0 unspecified atom stereocenters. The summed E-state index contributed by atoms with van der Waals surface area (Å²) in [6.45, 7) is 2.03. The largest absolute Gasteiger partial charge is 0.354 e. The van der Waals surface area contributed by atoms with Crippen LogP contribution in [0.2, 0.25) is 0 Å². The van der Waals surface area contributed by atoms with E-state index < -0.39 is 0 Å². The molecule has 0 aliphatic carbocycles. The summed E-state index contributed by atoms with van der Waals surface area (Å²) in [6, 6.07) is 16.7. The van der Waals surface area contributed by atoms with Crippen LogP contribution in [0.1, 0.15) is 30.9 Å². The van der Waals surface area contributed by atoms with E-state index in [1.165, 1.54) is 17.7 Å². The van der Waals surface area contributed by atoms with Crippen molar-refractivity contribution in [3.8, 4) is 0 Å². The standard InChI is InChI=1S/C19H22FNO/c1-15(7-8-16-5-3-2-4-6-16)21-19(22)14-11-17-9-12-18(20)13-10-17/h2-6,9-10,12-13,15H,7-8,11,14H2,1H3,(H,21,22)/t15-/m0/s1. The van der Waals surface area contributed by atoms with Gasteiger partial charge in [-0.05, 0) is 49.4 Å². The number of carbonyl (C=O) groups excluding carboxylic acids is 1. The van der Waals surface area contributed by atoms with Crippen molar-refractivity contribution in [3.05, 3.63) is 71.5 Å². The summed E-state index contributed by atoms with van der Waals surface area (Å²) >= 11 is 0. The number of aryl methyl sites for hydroxylation is 2. The van der Waals surface area contributed by atoms with Gasteiger partial charge >= 0.3 is 0 Å². The Labute approximate surface area is 131 Å². The van der Waals surface area contributed by atoms with Crippen molar-refractivity contribution >= 4 is 5.91 Å². The molecule has 2 aromatic rings. The van der Waals surface area contributed by atoms with Gasteiger partial charge < -0.3 is 5.32 Å². The van der Waals surface area contributed by atoms with E-state index in [-0.39, 0.29) is 17.8 Å². The molecule has 0 heterocycles. The Morgan fingerprint density at radius 3 is 2.32 bits per heavy atom. The highest BCUT2D eigenvalue weighted by molar-refractivity contribution is 5.76. The molecule has 1 atom stereocenters. The van der Waals surface area contributed by atoms with Gasteiger partial charge in [0.25, 0.3) is 0 Å². The van der Waals surface area contributed by atoms with Gasteiger partial charge in [-0.15, -0.1) is 0 Å². The minimum Gasteiger partial charge on any atom is -0.354 e. The van der Waals surface area contributed by atoms with Crippen LogP contribution in [0.15, 0.2) is 54.6 Å². The van der Waals surface area contributed by atoms with Crippen LogP contribution in [0.5, 0.6) is 0 Å². The molecule has 2 aromatic carbocycles. The van der Waals surface area contributed by atoms with Gasteiger partial charge in [0.1, 0.15) is 5.82 Å². The smallest absolute Gasteiger partial charge is 0.220 e. The molecule has 116 valence electrons. The monoisotopic (exact) mass is 299 g/mol. The number of halogens is 1. The fourth-order valence-electron chi connectivity index (χ4n) is 2.36. The van der Waals surface area contributed by atoms with E-state index in [1.807, 2.05) is 25.1 Å². The van der Waals surface area contributed by atoms with Gasteiger partial charge in [0.15, 0.2) is 0 Å². The highest BCUT2D eigenvalue weighted by atomic mass is 19.1. The molecule has 1 amide bonds. The maximum atomic E-state index is 12.8. The van der Waals surface area contributed by atoms with Crippen molar-refractivity contribution in [1.29, 1.82) is 0 Å². The molecular weight excluding hydrogens is 277 g/mol. The van der Waals surface area contributed by atoms with E-state index in [0.29, 0.717) is 12.8 Å². The molecule has 0 fully saturated rings. The second kappa shape index (κ2) is 8.32. The van der Waals surface area contributed by atoms with E-state index in [9.17, 15) is 9.18 Å². The number of carbonyl (C=O) groups is 1. The lowest BCUT2D eigenvalue weighted by molar-refractivity contribution is -0.121. The van der Waals surface area contributed by atoms with Crippen LogP contribution in [0, 0.1) is 5.82 Å².